The Morgan fingerprint density at radius 2 is 2.14 bits per heavy atom. The Kier molecular flexibility index (Phi) is 2.37. The number of rotatable bonds is 2. The van der Waals surface area contributed by atoms with Crippen LogP contribution in [0, 0.1) is 0 Å². The molecule has 0 N–H and O–H groups in total. The summed E-state index contributed by atoms with van der Waals surface area (Å²) in [5.41, 5.74) is 1.61. The minimum absolute atomic E-state index is 0.130. The average Bonchev–Trinajstić information content (AvgIpc) is 3.06. The summed E-state index contributed by atoms with van der Waals surface area (Å²) in [5, 5.41) is 12.3. The Balaban J connectivity index is 1.80. The summed E-state index contributed by atoms with van der Waals surface area (Å²) >= 11 is 0. The molecule has 104 valence electrons. The van der Waals surface area contributed by atoms with Gasteiger partial charge in [0.2, 0.25) is 5.89 Å². The van der Waals surface area contributed by atoms with Crippen molar-refractivity contribution in [2.75, 3.05) is 0 Å². The lowest BCUT2D eigenvalue weighted by Crippen LogP contribution is -2.24. The summed E-state index contributed by atoms with van der Waals surface area (Å²) in [6.45, 7) is 0.130. The Labute approximate surface area is 117 Å². The molecule has 0 amide bonds. The van der Waals surface area contributed by atoms with Crippen LogP contribution >= 0.6 is 0 Å². The van der Waals surface area contributed by atoms with Crippen molar-refractivity contribution >= 4 is 22.1 Å². The van der Waals surface area contributed by atoms with E-state index in [0.29, 0.717) is 22.5 Å². The van der Waals surface area contributed by atoms with Gasteiger partial charge in [0.15, 0.2) is 11.2 Å². The van der Waals surface area contributed by atoms with Gasteiger partial charge in [0.25, 0.3) is 5.56 Å². The van der Waals surface area contributed by atoms with Crippen LogP contribution in [0.4, 0.5) is 0 Å². The standard InChI is InChI=1S/C13H10N6O2/c1-18-12-8(6-14-18)13(20)19(17-16-12)7-11-15-9-4-2-3-5-10(9)21-11/h2-6H,7H2,1H3. The van der Waals surface area contributed by atoms with Crippen LogP contribution in [0.1, 0.15) is 5.89 Å². The number of hydrogen-bond donors (Lipinski definition) is 0. The molecule has 0 unspecified atom stereocenters. The Morgan fingerprint density at radius 1 is 1.29 bits per heavy atom. The molecule has 0 radical (unpaired) electrons. The van der Waals surface area contributed by atoms with Crippen molar-refractivity contribution in [3.8, 4) is 0 Å². The highest BCUT2D eigenvalue weighted by atomic mass is 16.3. The van der Waals surface area contributed by atoms with Gasteiger partial charge in [0, 0.05) is 7.05 Å². The quantitative estimate of drug-likeness (QED) is 0.538. The first-order chi connectivity index (χ1) is 10.2. The molecule has 0 atom stereocenters. The van der Waals surface area contributed by atoms with Gasteiger partial charge in [-0.1, -0.05) is 17.3 Å². The van der Waals surface area contributed by atoms with Gasteiger partial charge in [-0.2, -0.15) is 5.10 Å². The molecule has 21 heavy (non-hydrogen) atoms. The third kappa shape index (κ3) is 1.80. The molecule has 0 saturated heterocycles. The van der Waals surface area contributed by atoms with Crippen LogP contribution < -0.4 is 5.56 Å². The molecule has 1 aromatic carbocycles. The van der Waals surface area contributed by atoms with E-state index < -0.39 is 0 Å². The van der Waals surface area contributed by atoms with Gasteiger partial charge in [-0.25, -0.2) is 14.3 Å². The summed E-state index contributed by atoms with van der Waals surface area (Å²) in [5.74, 6) is 0.413. The lowest BCUT2D eigenvalue weighted by atomic mass is 10.3. The normalized spacial score (nSPS) is 11.5. The lowest BCUT2D eigenvalue weighted by molar-refractivity contribution is 0.471. The molecule has 0 aliphatic carbocycles. The molecule has 8 nitrogen and oxygen atoms in total. The Hall–Kier alpha value is -3.03. The maximum atomic E-state index is 12.3. The van der Waals surface area contributed by atoms with Crippen LogP contribution in [-0.2, 0) is 13.6 Å². The summed E-state index contributed by atoms with van der Waals surface area (Å²) in [7, 11) is 1.71. The zero-order chi connectivity index (χ0) is 14.4. The topological polar surface area (TPSA) is 91.6 Å². The molecule has 0 fully saturated rings. The third-order valence-corrected chi connectivity index (χ3v) is 3.24. The zero-order valence-electron chi connectivity index (χ0n) is 11.1. The van der Waals surface area contributed by atoms with Gasteiger partial charge in [-0.15, -0.1) is 5.10 Å². The van der Waals surface area contributed by atoms with Crippen LogP contribution in [0.2, 0.25) is 0 Å². The van der Waals surface area contributed by atoms with Gasteiger partial charge >= 0.3 is 0 Å². The molecule has 0 bridgehead atoms. The van der Waals surface area contributed by atoms with Crippen molar-refractivity contribution < 1.29 is 4.42 Å². The van der Waals surface area contributed by atoms with Crippen LogP contribution in [0.3, 0.4) is 0 Å². The third-order valence-electron chi connectivity index (χ3n) is 3.24. The summed E-state index contributed by atoms with van der Waals surface area (Å²) < 4.78 is 8.31. The molecule has 0 aliphatic heterocycles. The number of nitrogens with zero attached hydrogens (tertiary/aromatic N) is 6. The molecule has 0 spiro atoms. The van der Waals surface area contributed by atoms with Crippen LogP contribution in [0.15, 0.2) is 39.7 Å². The molecule has 0 aliphatic rings. The summed E-state index contributed by atoms with van der Waals surface area (Å²) in [4.78, 5) is 16.6. The van der Waals surface area contributed by atoms with E-state index in [-0.39, 0.29) is 12.1 Å². The maximum Gasteiger partial charge on any atom is 0.281 e. The van der Waals surface area contributed by atoms with E-state index in [1.165, 1.54) is 15.6 Å². The smallest absolute Gasteiger partial charge is 0.281 e. The second kappa shape index (κ2) is 4.23. The average molecular weight is 282 g/mol. The van der Waals surface area contributed by atoms with E-state index in [4.69, 9.17) is 4.42 Å². The number of para-hydroxylation sites is 2. The largest absolute Gasteiger partial charge is 0.439 e. The minimum Gasteiger partial charge on any atom is -0.439 e. The predicted octanol–water partition coefficient (Wildman–Crippen LogP) is 0.714. The number of oxazole rings is 1. The second-order valence-electron chi connectivity index (χ2n) is 4.63. The molecule has 4 rings (SSSR count). The molecule has 8 heteroatoms. The summed E-state index contributed by atoms with van der Waals surface area (Å²) in [6.07, 6.45) is 1.48. The van der Waals surface area contributed by atoms with Crippen molar-refractivity contribution in [1.29, 1.82) is 0 Å². The molecular weight excluding hydrogens is 272 g/mol. The molecule has 3 heterocycles. The van der Waals surface area contributed by atoms with Gasteiger partial charge in [0.05, 0.1) is 6.20 Å². The number of benzene rings is 1. The van der Waals surface area contributed by atoms with Crippen LogP contribution in [-0.4, -0.2) is 29.8 Å². The first kappa shape index (κ1) is 11.8. The van der Waals surface area contributed by atoms with Gasteiger partial charge in [-0.3, -0.25) is 4.79 Å². The maximum absolute atomic E-state index is 12.3. The predicted molar refractivity (Wildman–Crippen MR) is 73.7 cm³/mol. The molecule has 3 aromatic heterocycles. The van der Waals surface area contributed by atoms with E-state index in [9.17, 15) is 4.79 Å². The highest BCUT2D eigenvalue weighted by Gasteiger charge is 2.12. The monoisotopic (exact) mass is 282 g/mol. The highest BCUT2D eigenvalue weighted by molar-refractivity contribution is 5.73. The van der Waals surface area contributed by atoms with E-state index in [1.54, 1.807) is 7.05 Å². The SMILES string of the molecule is Cn1ncc2c(=O)n(Cc3nc4ccccc4o3)nnc21. The Morgan fingerprint density at radius 3 is 3.00 bits per heavy atom. The van der Waals surface area contributed by atoms with Crippen molar-refractivity contribution in [2.45, 2.75) is 6.54 Å². The fourth-order valence-electron chi connectivity index (χ4n) is 2.20. The van der Waals surface area contributed by atoms with E-state index in [0.717, 1.165) is 5.52 Å². The number of aromatic nitrogens is 6. The van der Waals surface area contributed by atoms with Crippen molar-refractivity contribution in [2.24, 2.45) is 7.05 Å². The van der Waals surface area contributed by atoms with E-state index in [2.05, 4.69) is 20.4 Å². The van der Waals surface area contributed by atoms with Crippen molar-refractivity contribution in [3.63, 3.8) is 0 Å². The zero-order valence-corrected chi connectivity index (χ0v) is 11.1. The van der Waals surface area contributed by atoms with Crippen molar-refractivity contribution in [3.05, 3.63) is 46.7 Å². The number of hydrogen-bond acceptors (Lipinski definition) is 6. The summed E-state index contributed by atoms with van der Waals surface area (Å²) in [6, 6.07) is 7.42. The molecule has 0 saturated carbocycles. The first-order valence-corrected chi connectivity index (χ1v) is 6.32. The fraction of sp³-hybridized carbons (Fsp3) is 0.154. The first-order valence-electron chi connectivity index (χ1n) is 6.32. The second-order valence-corrected chi connectivity index (χ2v) is 4.63. The van der Waals surface area contributed by atoms with Crippen LogP contribution in [0.5, 0.6) is 0 Å². The molecular formula is C13H10N6O2. The highest BCUT2D eigenvalue weighted by Crippen LogP contribution is 2.14. The number of aryl methyl sites for hydroxylation is 1. The minimum atomic E-state index is -0.268. The van der Waals surface area contributed by atoms with Gasteiger partial charge < -0.3 is 4.42 Å². The van der Waals surface area contributed by atoms with Gasteiger partial charge in [-0.05, 0) is 12.1 Å². The van der Waals surface area contributed by atoms with Gasteiger partial charge in [0.1, 0.15) is 17.4 Å². The molecule has 4 aromatic rings. The fourth-order valence-corrected chi connectivity index (χ4v) is 2.20. The Bertz CT molecular complexity index is 979. The lowest BCUT2D eigenvalue weighted by Gasteiger charge is -1.99. The number of fused-ring (bicyclic) bond motifs is 2. The van der Waals surface area contributed by atoms with E-state index >= 15 is 0 Å². The van der Waals surface area contributed by atoms with E-state index in [1.807, 2.05) is 24.3 Å². The van der Waals surface area contributed by atoms with Crippen LogP contribution in [0.25, 0.3) is 22.1 Å². The van der Waals surface area contributed by atoms with Crippen molar-refractivity contribution in [1.82, 2.24) is 29.8 Å².